The van der Waals surface area contributed by atoms with Crippen molar-refractivity contribution in [3.05, 3.63) is 60.4 Å². The molecule has 0 atom stereocenters. The number of hydrogen-bond donors (Lipinski definition) is 2. The molecule has 10 heteroatoms. The van der Waals surface area contributed by atoms with E-state index in [9.17, 15) is 17.6 Å². The average molecular weight is 374 g/mol. The van der Waals surface area contributed by atoms with Crippen LogP contribution in [-0.2, 0) is 6.18 Å². The average Bonchev–Trinajstić information content (AvgIpc) is 3.05. The van der Waals surface area contributed by atoms with Gasteiger partial charge in [-0.15, -0.1) is 0 Å². The van der Waals surface area contributed by atoms with Crippen LogP contribution in [0.4, 0.5) is 29.2 Å². The SMILES string of the molecule is Fc1cc2nc(-c3ccc(C(F)(F)F)cc3)[nH]c2cc1Nc1ncncn1. The first-order chi connectivity index (χ1) is 12.9. The summed E-state index contributed by atoms with van der Waals surface area (Å²) in [4.78, 5) is 18.6. The molecule has 2 heterocycles. The molecule has 0 spiro atoms. The van der Waals surface area contributed by atoms with Gasteiger partial charge in [0.25, 0.3) is 0 Å². The lowest BCUT2D eigenvalue weighted by molar-refractivity contribution is -0.137. The van der Waals surface area contributed by atoms with E-state index < -0.39 is 17.6 Å². The third-order valence-corrected chi connectivity index (χ3v) is 3.80. The van der Waals surface area contributed by atoms with Crippen molar-refractivity contribution in [1.82, 2.24) is 24.9 Å². The van der Waals surface area contributed by atoms with Crippen molar-refractivity contribution >= 4 is 22.7 Å². The molecule has 0 aliphatic heterocycles. The summed E-state index contributed by atoms with van der Waals surface area (Å²) in [5.74, 6) is -0.0745. The Morgan fingerprint density at radius 2 is 1.67 bits per heavy atom. The van der Waals surface area contributed by atoms with Gasteiger partial charge in [0, 0.05) is 11.6 Å². The van der Waals surface area contributed by atoms with Gasteiger partial charge in [0.2, 0.25) is 5.95 Å². The van der Waals surface area contributed by atoms with E-state index in [-0.39, 0.29) is 11.6 Å². The summed E-state index contributed by atoms with van der Waals surface area (Å²) in [6, 6.07) is 7.24. The molecule has 0 saturated carbocycles. The van der Waals surface area contributed by atoms with Crippen LogP contribution in [-0.4, -0.2) is 24.9 Å². The van der Waals surface area contributed by atoms with Crippen LogP contribution >= 0.6 is 0 Å². The first kappa shape index (κ1) is 16.9. The van der Waals surface area contributed by atoms with Gasteiger partial charge in [0.1, 0.15) is 24.3 Å². The smallest absolute Gasteiger partial charge is 0.338 e. The van der Waals surface area contributed by atoms with Gasteiger partial charge < -0.3 is 10.3 Å². The highest BCUT2D eigenvalue weighted by atomic mass is 19.4. The Morgan fingerprint density at radius 3 is 2.33 bits per heavy atom. The van der Waals surface area contributed by atoms with E-state index in [1.807, 2.05) is 0 Å². The second-order valence-corrected chi connectivity index (χ2v) is 5.60. The van der Waals surface area contributed by atoms with Crippen molar-refractivity contribution in [2.75, 3.05) is 5.32 Å². The maximum Gasteiger partial charge on any atom is 0.416 e. The lowest BCUT2D eigenvalue weighted by Gasteiger charge is -2.06. The Kier molecular flexibility index (Phi) is 3.94. The third kappa shape index (κ3) is 3.41. The molecule has 0 fully saturated rings. The van der Waals surface area contributed by atoms with Crippen molar-refractivity contribution in [1.29, 1.82) is 0 Å². The molecular weight excluding hydrogens is 364 g/mol. The van der Waals surface area contributed by atoms with Crippen LogP contribution in [0, 0.1) is 5.82 Å². The second kappa shape index (κ2) is 6.31. The Morgan fingerprint density at radius 1 is 0.963 bits per heavy atom. The normalized spacial score (nSPS) is 11.7. The quantitative estimate of drug-likeness (QED) is 0.522. The van der Waals surface area contributed by atoms with E-state index in [4.69, 9.17) is 0 Å². The van der Waals surface area contributed by atoms with E-state index in [0.29, 0.717) is 22.4 Å². The summed E-state index contributed by atoms with van der Waals surface area (Å²) in [5, 5.41) is 2.73. The maximum atomic E-state index is 14.3. The number of imidazole rings is 1. The molecule has 2 aromatic heterocycles. The zero-order valence-corrected chi connectivity index (χ0v) is 13.4. The Labute approximate surface area is 149 Å². The van der Waals surface area contributed by atoms with E-state index in [2.05, 4.69) is 30.2 Å². The molecule has 4 aromatic rings. The minimum absolute atomic E-state index is 0.122. The number of aromatic amines is 1. The summed E-state index contributed by atoms with van der Waals surface area (Å²) in [5.41, 5.74) is 0.659. The van der Waals surface area contributed by atoms with Gasteiger partial charge >= 0.3 is 6.18 Å². The first-order valence-corrected chi connectivity index (χ1v) is 7.66. The number of aromatic nitrogens is 5. The number of hydrogen-bond acceptors (Lipinski definition) is 5. The van der Waals surface area contributed by atoms with Crippen LogP contribution in [0.5, 0.6) is 0 Å². The largest absolute Gasteiger partial charge is 0.416 e. The zero-order valence-electron chi connectivity index (χ0n) is 13.4. The standard InChI is InChI=1S/C17H10F4N6/c18-11-5-13-14(6-12(11)27-16-23-7-22-8-24-16)26-15(25-13)9-1-3-10(4-2-9)17(19,20)21/h1-8H,(H,25,26)(H,22,23,24,27). The molecule has 4 rings (SSSR count). The number of benzene rings is 2. The number of anilines is 2. The van der Waals surface area contributed by atoms with E-state index >= 15 is 0 Å². The van der Waals surface area contributed by atoms with E-state index in [0.717, 1.165) is 12.1 Å². The fourth-order valence-corrected chi connectivity index (χ4v) is 2.51. The number of fused-ring (bicyclic) bond motifs is 1. The molecular formula is C17H10F4N6. The molecule has 27 heavy (non-hydrogen) atoms. The fraction of sp³-hybridized carbons (Fsp3) is 0.0588. The van der Waals surface area contributed by atoms with Crippen LogP contribution in [0.1, 0.15) is 5.56 Å². The highest BCUT2D eigenvalue weighted by Crippen LogP contribution is 2.31. The molecule has 0 amide bonds. The summed E-state index contributed by atoms with van der Waals surface area (Å²) >= 11 is 0. The monoisotopic (exact) mass is 374 g/mol. The lowest BCUT2D eigenvalue weighted by atomic mass is 10.1. The van der Waals surface area contributed by atoms with Gasteiger partial charge in [-0.05, 0) is 18.2 Å². The number of rotatable bonds is 3. The van der Waals surface area contributed by atoms with Crippen molar-refractivity contribution in [2.45, 2.75) is 6.18 Å². The van der Waals surface area contributed by atoms with Crippen molar-refractivity contribution in [2.24, 2.45) is 0 Å². The second-order valence-electron chi connectivity index (χ2n) is 5.60. The molecule has 0 bridgehead atoms. The van der Waals surface area contributed by atoms with Crippen molar-refractivity contribution in [3.63, 3.8) is 0 Å². The van der Waals surface area contributed by atoms with Gasteiger partial charge in [0.15, 0.2) is 0 Å². The lowest BCUT2D eigenvalue weighted by Crippen LogP contribution is -2.04. The number of nitrogens with zero attached hydrogens (tertiary/aromatic N) is 4. The van der Waals surface area contributed by atoms with Crippen LogP contribution < -0.4 is 5.32 Å². The van der Waals surface area contributed by atoms with Crippen molar-refractivity contribution < 1.29 is 17.6 Å². The molecule has 6 nitrogen and oxygen atoms in total. The predicted molar refractivity (Wildman–Crippen MR) is 89.6 cm³/mol. The third-order valence-electron chi connectivity index (χ3n) is 3.80. The molecule has 0 radical (unpaired) electrons. The Balaban J connectivity index is 1.68. The molecule has 0 aliphatic rings. The number of H-pyrrole nitrogens is 1. The minimum Gasteiger partial charge on any atom is -0.338 e. The molecule has 0 unspecified atom stereocenters. The van der Waals surface area contributed by atoms with Gasteiger partial charge in [-0.1, -0.05) is 12.1 Å². The van der Waals surface area contributed by atoms with Gasteiger partial charge in [-0.2, -0.15) is 13.2 Å². The van der Waals surface area contributed by atoms with Crippen LogP contribution in [0.2, 0.25) is 0 Å². The maximum absolute atomic E-state index is 14.3. The number of alkyl halides is 3. The fourth-order valence-electron chi connectivity index (χ4n) is 2.51. The van der Waals surface area contributed by atoms with Gasteiger partial charge in [-0.3, -0.25) is 0 Å². The minimum atomic E-state index is -4.41. The van der Waals surface area contributed by atoms with Crippen LogP contribution in [0.3, 0.4) is 0 Å². The molecule has 136 valence electrons. The molecule has 2 N–H and O–H groups in total. The zero-order chi connectivity index (χ0) is 19.0. The van der Waals surface area contributed by atoms with Crippen LogP contribution in [0.25, 0.3) is 22.4 Å². The summed E-state index contributed by atoms with van der Waals surface area (Å²) in [7, 11) is 0. The van der Waals surface area contributed by atoms with Crippen LogP contribution in [0.15, 0.2) is 49.1 Å². The topological polar surface area (TPSA) is 79.4 Å². The molecule has 0 saturated heterocycles. The molecule has 2 aromatic carbocycles. The van der Waals surface area contributed by atoms with E-state index in [1.54, 1.807) is 0 Å². The predicted octanol–water partition coefficient (Wildman–Crippen LogP) is 4.32. The summed E-state index contributed by atoms with van der Waals surface area (Å²) in [6.07, 6.45) is -1.87. The first-order valence-electron chi connectivity index (χ1n) is 7.66. The van der Waals surface area contributed by atoms with Gasteiger partial charge in [-0.25, -0.2) is 24.3 Å². The van der Waals surface area contributed by atoms with Crippen molar-refractivity contribution in [3.8, 4) is 11.4 Å². The Bertz CT molecular complexity index is 1090. The highest BCUT2D eigenvalue weighted by molar-refractivity contribution is 5.83. The Hall–Kier alpha value is -3.56. The highest BCUT2D eigenvalue weighted by Gasteiger charge is 2.30. The summed E-state index contributed by atoms with van der Waals surface area (Å²) < 4.78 is 52.3. The number of nitrogens with one attached hydrogen (secondary N) is 2. The molecule has 0 aliphatic carbocycles. The van der Waals surface area contributed by atoms with Gasteiger partial charge in [0.05, 0.1) is 22.3 Å². The summed E-state index contributed by atoms with van der Waals surface area (Å²) in [6.45, 7) is 0. The number of halogens is 4. The van der Waals surface area contributed by atoms with E-state index in [1.165, 1.54) is 36.9 Å².